The summed E-state index contributed by atoms with van der Waals surface area (Å²) >= 11 is 0. The van der Waals surface area contributed by atoms with Gasteiger partial charge in [-0.1, -0.05) is 30.3 Å². The maximum atomic E-state index is 2.56. The predicted molar refractivity (Wildman–Crippen MR) is 63.7 cm³/mol. The van der Waals surface area contributed by atoms with Crippen LogP contribution in [0, 0.1) is 0 Å². The van der Waals surface area contributed by atoms with Gasteiger partial charge in [0.1, 0.15) is 0 Å². The normalized spacial score (nSPS) is 22.5. The van der Waals surface area contributed by atoms with Gasteiger partial charge in [-0.25, -0.2) is 0 Å². The van der Waals surface area contributed by atoms with Crippen molar-refractivity contribution in [1.82, 2.24) is 9.80 Å². The summed E-state index contributed by atoms with van der Waals surface area (Å²) in [6, 6.07) is 11.5. The minimum atomic E-state index is 0.633. The molecule has 1 saturated heterocycles. The second-order valence-electron chi connectivity index (χ2n) is 4.60. The van der Waals surface area contributed by atoms with Gasteiger partial charge < -0.3 is 0 Å². The lowest BCUT2D eigenvalue weighted by atomic mass is 10.1. The molecule has 0 unspecified atom stereocenters. The van der Waals surface area contributed by atoms with Gasteiger partial charge in [0.15, 0.2) is 0 Å². The first-order chi connectivity index (χ1) is 7.27. The molecule has 0 N–H and O–H groups in total. The number of nitrogens with zero attached hydrogens (tertiary/aromatic N) is 2. The number of rotatable bonds is 3. The Balaban J connectivity index is 2.08. The molecule has 1 fully saturated rings. The first kappa shape index (κ1) is 10.7. The molecule has 1 aromatic carbocycles. The van der Waals surface area contributed by atoms with Crippen molar-refractivity contribution in [3.63, 3.8) is 0 Å². The Bertz CT molecular complexity index is 295. The minimum Gasteiger partial charge on any atom is -0.297 e. The van der Waals surface area contributed by atoms with Crippen LogP contribution in [0.1, 0.15) is 24.4 Å². The summed E-state index contributed by atoms with van der Waals surface area (Å²) in [5.41, 5.74) is 1.47. The summed E-state index contributed by atoms with van der Waals surface area (Å²) in [6.07, 6.45) is 2.63. The van der Waals surface area contributed by atoms with Crippen molar-refractivity contribution in [2.24, 2.45) is 0 Å². The highest BCUT2D eigenvalue weighted by molar-refractivity contribution is 5.19. The molecule has 1 aliphatic heterocycles. The molecule has 1 aromatic rings. The molecule has 0 radical (unpaired) electrons. The molecule has 1 heterocycles. The third kappa shape index (κ3) is 2.58. The van der Waals surface area contributed by atoms with Gasteiger partial charge in [-0.3, -0.25) is 9.80 Å². The molecule has 0 aromatic heterocycles. The fourth-order valence-corrected chi connectivity index (χ4v) is 2.41. The Labute approximate surface area is 92.5 Å². The van der Waals surface area contributed by atoms with Crippen LogP contribution >= 0.6 is 0 Å². The molecule has 0 aliphatic carbocycles. The summed E-state index contributed by atoms with van der Waals surface area (Å²) < 4.78 is 0. The summed E-state index contributed by atoms with van der Waals surface area (Å²) in [6.45, 7) is 2.30. The van der Waals surface area contributed by atoms with Crippen LogP contribution in [0.2, 0.25) is 0 Å². The topological polar surface area (TPSA) is 6.48 Å². The van der Waals surface area contributed by atoms with Gasteiger partial charge in [0, 0.05) is 12.6 Å². The SMILES string of the molecule is CN(C)CN1CCC[C@@H]1c1ccccc1. The number of benzene rings is 1. The third-order valence-corrected chi connectivity index (χ3v) is 3.01. The molecule has 0 bridgehead atoms. The van der Waals surface area contributed by atoms with Crippen molar-refractivity contribution in [2.45, 2.75) is 18.9 Å². The van der Waals surface area contributed by atoms with Crippen LogP contribution in [0.3, 0.4) is 0 Å². The first-order valence-electron chi connectivity index (χ1n) is 5.71. The van der Waals surface area contributed by atoms with E-state index in [4.69, 9.17) is 0 Å². The molecule has 1 aliphatic rings. The average molecular weight is 204 g/mol. The van der Waals surface area contributed by atoms with Gasteiger partial charge in [0.2, 0.25) is 0 Å². The van der Waals surface area contributed by atoms with Crippen molar-refractivity contribution in [1.29, 1.82) is 0 Å². The summed E-state index contributed by atoms with van der Waals surface area (Å²) in [7, 11) is 4.28. The van der Waals surface area contributed by atoms with Crippen LogP contribution in [-0.4, -0.2) is 37.1 Å². The van der Waals surface area contributed by atoms with E-state index in [9.17, 15) is 0 Å². The average Bonchev–Trinajstić information content (AvgIpc) is 2.66. The lowest BCUT2D eigenvalue weighted by Gasteiger charge is -2.27. The lowest BCUT2D eigenvalue weighted by molar-refractivity contribution is 0.163. The second kappa shape index (κ2) is 4.77. The quantitative estimate of drug-likeness (QED) is 0.745. The van der Waals surface area contributed by atoms with Crippen molar-refractivity contribution >= 4 is 0 Å². The standard InChI is InChI=1S/C13H20N2/c1-14(2)11-15-10-6-9-13(15)12-7-4-3-5-8-12/h3-5,7-8,13H,6,9-11H2,1-2H3/t13-/m1/s1. The van der Waals surface area contributed by atoms with Gasteiger partial charge in [0.25, 0.3) is 0 Å². The second-order valence-corrected chi connectivity index (χ2v) is 4.60. The van der Waals surface area contributed by atoms with E-state index in [1.165, 1.54) is 24.9 Å². The van der Waals surface area contributed by atoms with Crippen molar-refractivity contribution in [3.05, 3.63) is 35.9 Å². The molecule has 0 spiro atoms. The summed E-state index contributed by atoms with van der Waals surface area (Å²) in [4.78, 5) is 4.82. The zero-order chi connectivity index (χ0) is 10.7. The lowest BCUT2D eigenvalue weighted by Crippen LogP contribution is -2.33. The molecule has 2 heteroatoms. The number of hydrogen-bond donors (Lipinski definition) is 0. The van der Waals surface area contributed by atoms with Crippen LogP contribution in [0.15, 0.2) is 30.3 Å². The highest BCUT2D eigenvalue weighted by Crippen LogP contribution is 2.31. The molecule has 0 amide bonds. The Morgan fingerprint density at radius 3 is 2.67 bits per heavy atom. The molecule has 0 saturated carbocycles. The number of likely N-dealkylation sites (tertiary alicyclic amines) is 1. The third-order valence-electron chi connectivity index (χ3n) is 3.01. The maximum absolute atomic E-state index is 2.56. The smallest absolute Gasteiger partial charge is 0.0506 e. The minimum absolute atomic E-state index is 0.633. The van der Waals surface area contributed by atoms with Crippen molar-refractivity contribution < 1.29 is 0 Å². The van der Waals surface area contributed by atoms with Crippen LogP contribution in [0.25, 0.3) is 0 Å². The Morgan fingerprint density at radius 2 is 2.00 bits per heavy atom. The van der Waals surface area contributed by atoms with E-state index in [-0.39, 0.29) is 0 Å². The van der Waals surface area contributed by atoms with E-state index in [0.29, 0.717) is 6.04 Å². The van der Waals surface area contributed by atoms with Gasteiger partial charge in [0.05, 0.1) is 6.67 Å². The largest absolute Gasteiger partial charge is 0.297 e. The van der Waals surface area contributed by atoms with E-state index in [2.05, 4.69) is 54.2 Å². The fourth-order valence-electron chi connectivity index (χ4n) is 2.41. The summed E-state index contributed by atoms with van der Waals surface area (Å²) in [5.74, 6) is 0. The van der Waals surface area contributed by atoms with Crippen LogP contribution in [0.4, 0.5) is 0 Å². The van der Waals surface area contributed by atoms with E-state index in [1.807, 2.05) is 0 Å². The highest BCUT2D eigenvalue weighted by atomic mass is 15.3. The van der Waals surface area contributed by atoms with E-state index < -0.39 is 0 Å². The molecule has 82 valence electrons. The Kier molecular flexibility index (Phi) is 3.39. The van der Waals surface area contributed by atoms with Crippen LogP contribution < -0.4 is 0 Å². The fraction of sp³-hybridized carbons (Fsp3) is 0.538. The maximum Gasteiger partial charge on any atom is 0.0506 e. The molecular weight excluding hydrogens is 184 g/mol. The molecular formula is C13H20N2. The molecule has 1 atom stereocenters. The Morgan fingerprint density at radius 1 is 1.27 bits per heavy atom. The van der Waals surface area contributed by atoms with Gasteiger partial charge in [-0.15, -0.1) is 0 Å². The van der Waals surface area contributed by atoms with Crippen LogP contribution in [-0.2, 0) is 0 Å². The molecule has 2 nitrogen and oxygen atoms in total. The number of hydrogen-bond acceptors (Lipinski definition) is 2. The van der Waals surface area contributed by atoms with Crippen molar-refractivity contribution in [2.75, 3.05) is 27.3 Å². The highest BCUT2D eigenvalue weighted by Gasteiger charge is 2.25. The van der Waals surface area contributed by atoms with Crippen LogP contribution in [0.5, 0.6) is 0 Å². The zero-order valence-corrected chi connectivity index (χ0v) is 9.69. The molecule has 15 heavy (non-hydrogen) atoms. The van der Waals surface area contributed by atoms with Crippen molar-refractivity contribution in [3.8, 4) is 0 Å². The molecule has 2 rings (SSSR count). The first-order valence-corrected chi connectivity index (χ1v) is 5.71. The van der Waals surface area contributed by atoms with Gasteiger partial charge in [-0.2, -0.15) is 0 Å². The van der Waals surface area contributed by atoms with Gasteiger partial charge in [-0.05, 0) is 32.5 Å². The Hall–Kier alpha value is -0.860. The summed E-state index contributed by atoms with van der Waals surface area (Å²) in [5, 5.41) is 0. The monoisotopic (exact) mass is 204 g/mol. The van der Waals surface area contributed by atoms with E-state index in [1.54, 1.807) is 0 Å². The zero-order valence-electron chi connectivity index (χ0n) is 9.69. The van der Waals surface area contributed by atoms with Gasteiger partial charge >= 0.3 is 0 Å². The predicted octanol–water partition coefficient (Wildman–Crippen LogP) is 2.34. The van der Waals surface area contributed by atoms with E-state index >= 15 is 0 Å². The van der Waals surface area contributed by atoms with E-state index in [0.717, 1.165) is 6.67 Å².